The van der Waals surface area contributed by atoms with Crippen molar-refractivity contribution in [2.24, 2.45) is 0 Å². The van der Waals surface area contributed by atoms with Gasteiger partial charge in [-0.05, 0) is 13.3 Å². The fourth-order valence-electron chi connectivity index (χ4n) is 1.07. The summed E-state index contributed by atoms with van der Waals surface area (Å²) in [6, 6.07) is 0. The molecule has 0 fully saturated rings. The van der Waals surface area contributed by atoms with Crippen molar-refractivity contribution in [2.75, 3.05) is 6.61 Å². The van der Waals surface area contributed by atoms with E-state index in [-0.39, 0.29) is 18.2 Å². The second-order valence-corrected chi connectivity index (χ2v) is 3.48. The summed E-state index contributed by atoms with van der Waals surface area (Å²) in [5.41, 5.74) is 0. The Hall–Kier alpha value is -0.860. The van der Waals surface area contributed by atoms with E-state index in [0.717, 1.165) is 12.8 Å². The first-order valence-electron chi connectivity index (χ1n) is 5.32. The third-order valence-corrected chi connectivity index (χ3v) is 1.94. The molecule has 3 heteroatoms. The largest absolute Gasteiger partial charge is 0.466 e. The lowest BCUT2D eigenvalue weighted by atomic mass is 10.2. The van der Waals surface area contributed by atoms with Crippen LogP contribution in [0.3, 0.4) is 0 Å². The number of ether oxygens (including phenoxy) is 1. The van der Waals surface area contributed by atoms with Crippen LogP contribution in [0.5, 0.6) is 0 Å². The van der Waals surface area contributed by atoms with Crippen molar-refractivity contribution in [3.05, 3.63) is 0 Å². The highest BCUT2D eigenvalue weighted by atomic mass is 16.5. The Morgan fingerprint density at radius 3 is 2.36 bits per heavy atom. The molecule has 0 aliphatic heterocycles. The smallest absolute Gasteiger partial charge is 0.306 e. The Morgan fingerprint density at radius 1 is 1.07 bits per heavy atom. The van der Waals surface area contributed by atoms with Crippen LogP contribution in [-0.2, 0) is 14.3 Å². The van der Waals surface area contributed by atoms with E-state index in [0.29, 0.717) is 13.0 Å². The summed E-state index contributed by atoms with van der Waals surface area (Å²) >= 11 is 0. The van der Waals surface area contributed by atoms with Gasteiger partial charge in [0.05, 0.1) is 13.0 Å². The number of carbonyl (C=O) groups excluding carboxylic acids is 2. The first-order chi connectivity index (χ1) is 6.66. The van der Waals surface area contributed by atoms with Crippen LogP contribution >= 0.6 is 0 Å². The third kappa shape index (κ3) is 9.23. The fraction of sp³-hybridized carbons (Fsp3) is 0.818. The summed E-state index contributed by atoms with van der Waals surface area (Å²) < 4.78 is 4.95. The summed E-state index contributed by atoms with van der Waals surface area (Å²) in [5.74, 6) is -0.218. The lowest BCUT2D eigenvalue weighted by Gasteiger charge is -2.03. The molecule has 0 unspecified atom stereocenters. The summed E-state index contributed by atoms with van der Waals surface area (Å²) in [6.45, 7) is 4.12. The van der Waals surface area contributed by atoms with E-state index in [9.17, 15) is 9.59 Å². The van der Waals surface area contributed by atoms with Crippen molar-refractivity contribution in [3.63, 3.8) is 0 Å². The van der Waals surface area contributed by atoms with Crippen LogP contribution in [0.15, 0.2) is 0 Å². The maximum absolute atomic E-state index is 11.0. The zero-order valence-electron chi connectivity index (χ0n) is 9.17. The Morgan fingerprint density at radius 2 is 1.79 bits per heavy atom. The van der Waals surface area contributed by atoms with Gasteiger partial charge in [-0.15, -0.1) is 0 Å². The quantitative estimate of drug-likeness (QED) is 0.446. The molecule has 3 nitrogen and oxygen atoms in total. The molecular formula is C11H20O3. The molecule has 14 heavy (non-hydrogen) atoms. The van der Waals surface area contributed by atoms with Gasteiger partial charge < -0.3 is 9.53 Å². The molecule has 0 aliphatic rings. The average Bonchev–Trinajstić information content (AvgIpc) is 2.14. The van der Waals surface area contributed by atoms with Crippen molar-refractivity contribution in [2.45, 2.75) is 52.4 Å². The second-order valence-electron chi connectivity index (χ2n) is 3.48. The first-order valence-corrected chi connectivity index (χ1v) is 5.32. The van der Waals surface area contributed by atoms with Crippen LogP contribution in [0.4, 0.5) is 0 Å². The van der Waals surface area contributed by atoms with Crippen LogP contribution in [0.2, 0.25) is 0 Å². The van der Waals surface area contributed by atoms with Gasteiger partial charge in [0.15, 0.2) is 0 Å². The Kier molecular flexibility index (Phi) is 8.19. The van der Waals surface area contributed by atoms with Crippen LogP contribution in [-0.4, -0.2) is 18.4 Å². The van der Waals surface area contributed by atoms with Gasteiger partial charge in [0.1, 0.15) is 5.78 Å². The predicted octanol–water partition coefficient (Wildman–Crippen LogP) is 2.48. The average molecular weight is 200 g/mol. The highest BCUT2D eigenvalue weighted by Crippen LogP contribution is 2.00. The van der Waals surface area contributed by atoms with E-state index in [1.165, 1.54) is 19.8 Å². The van der Waals surface area contributed by atoms with Gasteiger partial charge in [-0.25, -0.2) is 0 Å². The first kappa shape index (κ1) is 13.1. The van der Waals surface area contributed by atoms with Gasteiger partial charge in [-0.3, -0.25) is 4.79 Å². The Labute approximate surface area is 85.8 Å². The predicted molar refractivity (Wildman–Crippen MR) is 55.0 cm³/mol. The van der Waals surface area contributed by atoms with Gasteiger partial charge in [-0.1, -0.05) is 26.2 Å². The topological polar surface area (TPSA) is 43.4 Å². The molecule has 0 aromatic carbocycles. The molecule has 0 atom stereocenters. The van der Waals surface area contributed by atoms with Gasteiger partial charge in [-0.2, -0.15) is 0 Å². The van der Waals surface area contributed by atoms with E-state index in [4.69, 9.17) is 4.74 Å². The minimum Gasteiger partial charge on any atom is -0.466 e. The number of rotatable bonds is 8. The fourth-order valence-corrected chi connectivity index (χ4v) is 1.07. The zero-order chi connectivity index (χ0) is 10.8. The molecule has 0 saturated heterocycles. The Balaban J connectivity index is 3.22. The lowest BCUT2D eigenvalue weighted by molar-refractivity contribution is -0.144. The maximum Gasteiger partial charge on any atom is 0.306 e. The molecule has 0 aromatic rings. The van der Waals surface area contributed by atoms with Gasteiger partial charge in [0.25, 0.3) is 0 Å². The van der Waals surface area contributed by atoms with Gasteiger partial charge in [0.2, 0.25) is 0 Å². The second kappa shape index (κ2) is 8.73. The van der Waals surface area contributed by atoms with E-state index >= 15 is 0 Å². The number of Topliss-reactive ketones (excluding diaryl/α,β-unsaturated/α-hetero) is 1. The highest BCUT2D eigenvalue weighted by Gasteiger charge is 2.03. The molecule has 0 saturated carbocycles. The molecule has 0 bridgehead atoms. The standard InChI is InChI=1S/C11H20O3/c1-3-4-5-6-9-14-11(13)8-7-10(2)12/h3-9H2,1-2H3. The zero-order valence-corrected chi connectivity index (χ0v) is 9.17. The molecular weight excluding hydrogens is 180 g/mol. The number of esters is 1. The number of unbranched alkanes of at least 4 members (excludes halogenated alkanes) is 3. The summed E-state index contributed by atoms with van der Waals surface area (Å²) in [6.07, 6.45) is 4.93. The van der Waals surface area contributed by atoms with E-state index in [1.54, 1.807) is 0 Å². The molecule has 0 aliphatic carbocycles. The molecule has 0 spiro atoms. The number of hydrogen-bond donors (Lipinski definition) is 0. The van der Waals surface area contributed by atoms with Crippen molar-refractivity contribution in [3.8, 4) is 0 Å². The van der Waals surface area contributed by atoms with Crippen molar-refractivity contribution in [1.29, 1.82) is 0 Å². The minimum atomic E-state index is -0.253. The summed E-state index contributed by atoms with van der Waals surface area (Å²) in [5, 5.41) is 0. The monoisotopic (exact) mass is 200 g/mol. The van der Waals surface area contributed by atoms with Gasteiger partial charge >= 0.3 is 5.97 Å². The summed E-state index contributed by atoms with van der Waals surface area (Å²) in [7, 11) is 0. The molecule has 0 amide bonds. The van der Waals surface area contributed by atoms with Crippen molar-refractivity contribution in [1.82, 2.24) is 0 Å². The minimum absolute atomic E-state index is 0.0351. The molecule has 0 radical (unpaired) electrons. The molecule has 0 rings (SSSR count). The number of hydrogen-bond acceptors (Lipinski definition) is 3. The van der Waals surface area contributed by atoms with Crippen LogP contribution in [0.1, 0.15) is 52.4 Å². The van der Waals surface area contributed by atoms with Crippen LogP contribution in [0.25, 0.3) is 0 Å². The number of ketones is 1. The summed E-state index contributed by atoms with van der Waals surface area (Å²) in [4.78, 5) is 21.6. The van der Waals surface area contributed by atoms with E-state index in [1.807, 2.05) is 0 Å². The molecule has 0 aromatic heterocycles. The van der Waals surface area contributed by atoms with E-state index in [2.05, 4.69) is 6.92 Å². The van der Waals surface area contributed by atoms with Gasteiger partial charge in [0, 0.05) is 6.42 Å². The van der Waals surface area contributed by atoms with E-state index < -0.39 is 0 Å². The third-order valence-electron chi connectivity index (χ3n) is 1.94. The normalized spacial score (nSPS) is 9.86. The van der Waals surface area contributed by atoms with Crippen LogP contribution < -0.4 is 0 Å². The molecule has 0 heterocycles. The molecule has 82 valence electrons. The highest BCUT2D eigenvalue weighted by molar-refractivity contribution is 5.80. The number of carbonyl (C=O) groups is 2. The van der Waals surface area contributed by atoms with Crippen molar-refractivity contribution >= 4 is 11.8 Å². The maximum atomic E-state index is 11.0. The van der Waals surface area contributed by atoms with Crippen molar-refractivity contribution < 1.29 is 14.3 Å². The van der Waals surface area contributed by atoms with Crippen LogP contribution in [0, 0.1) is 0 Å². The SMILES string of the molecule is CCCCCCOC(=O)CCC(C)=O. The molecule has 0 N–H and O–H groups in total. The lowest BCUT2D eigenvalue weighted by Crippen LogP contribution is -2.07. The Bertz CT molecular complexity index is 175.